The highest BCUT2D eigenvalue weighted by molar-refractivity contribution is 6.28. The van der Waals surface area contributed by atoms with Crippen molar-refractivity contribution in [2.24, 2.45) is 17.8 Å². The third-order valence-electron chi connectivity index (χ3n) is 6.47. The summed E-state index contributed by atoms with van der Waals surface area (Å²) in [5.74, 6) is -0.252. The Hall–Kier alpha value is -2.15. The van der Waals surface area contributed by atoms with Gasteiger partial charge in [0.1, 0.15) is 11.5 Å². The number of anilines is 1. The summed E-state index contributed by atoms with van der Waals surface area (Å²) in [6.45, 7) is 0. The fraction of sp³-hybridized carbons (Fsp3) is 0.550. The van der Waals surface area contributed by atoms with E-state index in [0.29, 0.717) is 11.7 Å². The number of furan rings is 1. The van der Waals surface area contributed by atoms with Gasteiger partial charge in [-0.1, -0.05) is 0 Å². The summed E-state index contributed by atoms with van der Waals surface area (Å²) in [6, 6.07) is 3.18. The number of nitrogens with zero attached hydrogens (tertiary/aromatic N) is 2. The van der Waals surface area contributed by atoms with E-state index in [-0.39, 0.29) is 34.7 Å². The number of rotatable bonds is 5. The van der Waals surface area contributed by atoms with Crippen molar-refractivity contribution in [1.29, 1.82) is 0 Å². The quantitative estimate of drug-likeness (QED) is 0.700. The van der Waals surface area contributed by atoms with Gasteiger partial charge in [0.25, 0.3) is 0 Å². The molecule has 28 heavy (non-hydrogen) atoms. The molecule has 2 N–H and O–H groups in total. The Balaban J connectivity index is 1.48. The first-order chi connectivity index (χ1) is 13.5. The number of aliphatic carboxylic acids is 1. The summed E-state index contributed by atoms with van der Waals surface area (Å²) in [5.41, 5.74) is 0.00208. The van der Waals surface area contributed by atoms with Gasteiger partial charge in [-0.25, -0.2) is 9.37 Å². The molecule has 6 rings (SSSR count). The first-order valence-corrected chi connectivity index (χ1v) is 10.2. The van der Waals surface area contributed by atoms with Crippen molar-refractivity contribution >= 4 is 23.4 Å². The van der Waals surface area contributed by atoms with Crippen LogP contribution in [0.15, 0.2) is 16.5 Å². The third-order valence-corrected chi connectivity index (χ3v) is 6.64. The Bertz CT molecular complexity index is 921. The highest BCUT2D eigenvalue weighted by atomic mass is 35.5. The molecule has 0 spiro atoms. The van der Waals surface area contributed by atoms with Crippen LogP contribution in [0.3, 0.4) is 0 Å². The van der Waals surface area contributed by atoms with E-state index in [1.807, 2.05) is 6.07 Å². The first-order valence-electron chi connectivity index (χ1n) is 9.83. The molecule has 0 aliphatic heterocycles. The van der Waals surface area contributed by atoms with E-state index >= 15 is 4.39 Å². The summed E-state index contributed by atoms with van der Waals surface area (Å²) in [5, 5.41) is 12.7. The Morgan fingerprint density at radius 1 is 1.14 bits per heavy atom. The maximum absolute atomic E-state index is 15.2. The van der Waals surface area contributed by atoms with Crippen molar-refractivity contribution in [3.63, 3.8) is 0 Å². The maximum Gasteiger partial charge on any atom is 0.308 e. The van der Waals surface area contributed by atoms with Gasteiger partial charge < -0.3 is 14.8 Å². The SMILES string of the molecule is O=C(O)C1C2CCC(CC2)C1Nc1nc(Cl)nc(-c2ccc(C3CC3)o2)c1F. The van der Waals surface area contributed by atoms with Gasteiger partial charge in [0.15, 0.2) is 17.4 Å². The summed E-state index contributed by atoms with van der Waals surface area (Å²) in [4.78, 5) is 19.9. The summed E-state index contributed by atoms with van der Waals surface area (Å²) in [7, 11) is 0. The monoisotopic (exact) mass is 405 g/mol. The number of nitrogens with one attached hydrogen (secondary N) is 1. The number of aromatic nitrogens is 2. The number of hydrogen-bond donors (Lipinski definition) is 2. The van der Waals surface area contributed by atoms with Gasteiger partial charge >= 0.3 is 5.97 Å². The molecule has 2 aromatic heterocycles. The molecule has 2 aromatic rings. The second kappa shape index (κ2) is 6.72. The molecule has 0 aromatic carbocycles. The van der Waals surface area contributed by atoms with E-state index < -0.39 is 17.7 Å². The molecule has 2 unspecified atom stereocenters. The molecule has 4 saturated carbocycles. The molecule has 4 aliphatic rings. The van der Waals surface area contributed by atoms with Crippen LogP contribution in [0, 0.1) is 23.6 Å². The number of carboxylic acids is 1. The zero-order chi connectivity index (χ0) is 19.4. The van der Waals surface area contributed by atoms with Gasteiger partial charge in [0.05, 0.1) is 5.92 Å². The van der Waals surface area contributed by atoms with Crippen LogP contribution >= 0.6 is 11.6 Å². The predicted octanol–water partition coefficient (Wildman–Crippen LogP) is 4.71. The molecule has 4 fully saturated rings. The molecule has 2 bridgehead atoms. The van der Waals surface area contributed by atoms with Gasteiger partial charge in [0, 0.05) is 12.0 Å². The molecule has 2 atom stereocenters. The fourth-order valence-electron chi connectivity index (χ4n) is 4.92. The molecule has 148 valence electrons. The Labute approximate surface area is 166 Å². The van der Waals surface area contributed by atoms with E-state index in [4.69, 9.17) is 16.0 Å². The van der Waals surface area contributed by atoms with E-state index in [0.717, 1.165) is 44.3 Å². The third kappa shape index (κ3) is 3.05. The minimum absolute atomic E-state index is 0.00208. The molecule has 8 heteroatoms. The topological polar surface area (TPSA) is 88.2 Å². The number of carbonyl (C=O) groups is 1. The lowest BCUT2D eigenvalue weighted by atomic mass is 9.61. The molecular weight excluding hydrogens is 385 g/mol. The highest BCUT2D eigenvalue weighted by Gasteiger charge is 2.47. The average Bonchev–Trinajstić information content (AvgIpc) is 3.42. The van der Waals surface area contributed by atoms with Gasteiger partial charge in [-0.2, -0.15) is 4.98 Å². The summed E-state index contributed by atoms with van der Waals surface area (Å²) < 4.78 is 21.0. The lowest BCUT2D eigenvalue weighted by molar-refractivity contribution is -0.148. The molecule has 6 nitrogen and oxygen atoms in total. The van der Waals surface area contributed by atoms with Crippen LogP contribution in [0.2, 0.25) is 5.28 Å². The minimum atomic E-state index is -0.840. The Morgan fingerprint density at radius 3 is 2.54 bits per heavy atom. The highest BCUT2D eigenvalue weighted by Crippen LogP contribution is 2.47. The van der Waals surface area contributed by atoms with Crippen LogP contribution in [-0.4, -0.2) is 27.1 Å². The van der Waals surface area contributed by atoms with Crippen molar-refractivity contribution in [3.8, 4) is 11.5 Å². The number of carboxylic acid groups (broad SMARTS) is 1. The van der Waals surface area contributed by atoms with Crippen LogP contribution in [0.5, 0.6) is 0 Å². The van der Waals surface area contributed by atoms with Crippen molar-refractivity contribution < 1.29 is 18.7 Å². The zero-order valence-corrected chi connectivity index (χ0v) is 16.0. The smallest absolute Gasteiger partial charge is 0.308 e. The normalized spacial score (nSPS) is 29.1. The molecule has 0 saturated heterocycles. The molecule has 0 radical (unpaired) electrons. The lowest BCUT2D eigenvalue weighted by Crippen LogP contribution is -2.51. The van der Waals surface area contributed by atoms with E-state index in [2.05, 4.69) is 15.3 Å². The van der Waals surface area contributed by atoms with E-state index in [9.17, 15) is 9.90 Å². The predicted molar refractivity (Wildman–Crippen MR) is 101 cm³/mol. The van der Waals surface area contributed by atoms with Crippen LogP contribution < -0.4 is 5.32 Å². The summed E-state index contributed by atoms with van der Waals surface area (Å²) >= 11 is 6.06. The zero-order valence-electron chi connectivity index (χ0n) is 15.2. The average molecular weight is 406 g/mol. The molecule has 4 aliphatic carbocycles. The molecular formula is C20H21ClFN3O3. The van der Waals surface area contributed by atoms with Crippen molar-refractivity contribution in [1.82, 2.24) is 9.97 Å². The van der Waals surface area contributed by atoms with Crippen LogP contribution in [-0.2, 0) is 4.79 Å². The van der Waals surface area contributed by atoms with Gasteiger partial charge in [-0.15, -0.1) is 0 Å². The second-order valence-electron chi connectivity index (χ2n) is 8.19. The standard InChI is InChI=1S/C20H21ClFN3O3/c21-20-24-17(13-8-7-12(28-13)9-1-2-9)15(22)18(25-20)23-16-11-5-3-10(4-6-11)14(16)19(26)27/h7-11,14,16H,1-6H2,(H,26,27)(H,23,24,25). The first kappa shape index (κ1) is 17.9. The van der Waals surface area contributed by atoms with Crippen molar-refractivity contribution in [2.75, 3.05) is 5.32 Å². The lowest BCUT2D eigenvalue weighted by Gasteiger charge is -2.47. The fourth-order valence-corrected chi connectivity index (χ4v) is 5.09. The van der Waals surface area contributed by atoms with Crippen LogP contribution in [0.25, 0.3) is 11.5 Å². The van der Waals surface area contributed by atoms with Gasteiger partial charge in [-0.05, 0) is 74.1 Å². The largest absolute Gasteiger partial charge is 0.481 e. The second-order valence-corrected chi connectivity index (χ2v) is 8.53. The van der Waals surface area contributed by atoms with E-state index in [1.54, 1.807) is 6.07 Å². The van der Waals surface area contributed by atoms with Crippen LogP contribution in [0.1, 0.15) is 50.2 Å². The van der Waals surface area contributed by atoms with E-state index in [1.165, 1.54) is 0 Å². The molecule has 0 amide bonds. The van der Waals surface area contributed by atoms with Crippen molar-refractivity contribution in [3.05, 3.63) is 29.0 Å². The van der Waals surface area contributed by atoms with Crippen molar-refractivity contribution in [2.45, 2.75) is 50.5 Å². The van der Waals surface area contributed by atoms with Crippen LogP contribution in [0.4, 0.5) is 10.2 Å². The molecule has 2 heterocycles. The number of halogens is 2. The maximum atomic E-state index is 15.2. The minimum Gasteiger partial charge on any atom is -0.481 e. The van der Waals surface area contributed by atoms with Gasteiger partial charge in [-0.3, -0.25) is 4.79 Å². The Morgan fingerprint density at radius 2 is 1.86 bits per heavy atom. The summed E-state index contributed by atoms with van der Waals surface area (Å²) in [6.07, 6.45) is 5.87. The number of hydrogen-bond acceptors (Lipinski definition) is 5. The van der Waals surface area contributed by atoms with Gasteiger partial charge in [0.2, 0.25) is 5.28 Å². The number of fused-ring (bicyclic) bond motifs is 3. The Kier molecular flexibility index (Phi) is 4.30.